The molecule has 2 aromatic rings. The summed E-state index contributed by atoms with van der Waals surface area (Å²) in [5.41, 5.74) is 1.89. The number of benzene rings is 1. The second-order valence-corrected chi connectivity index (χ2v) is 8.84. The molecule has 156 valence electrons. The van der Waals surface area contributed by atoms with Crippen LogP contribution >= 0.6 is 11.3 Å². The Bertz CT molecular complexity index is 1040. The molecule has 0 saturated carbocycles. The lowest BCUT2D eigenvalue weighted by atomic mass is 9.88. The first kappa shape index (κ1) is 20.3. The standard InChI is InChI=1S/C22H22N2O5S/c1-11-8-9-15-16(10-11)30-19(17(15)22(28)29-3)23-18(25)12(2)24-20(26)13-6-4-5-7-14(13)21(24)27/h4-7,11-12H,8-10H2,1-3H3,(H,23,25). The van der Waals surface area contributed by atoms with Crippen LogP contribution in [0, 0.1) is 5.92 Å². The first-order valence-corrected chi connectivity index (χ1v) is 10.7. The van der Waals surface area contributed by atoms with Gasteiger partial charge in [-0.05, 0) is 49.8 Å². The average molecular weight is 426 g/mol. The van der Waals surface area contributed by atoms with Crippen LogP contribution in [0.5, 0.6) is 0 Å². The summed E-state index contributed by atoms with van der Waals surface area (Å²) in [6.07, 6.45) is 2.56. The highest BCUT2D eigenvalue weighted by atomic mass is 32.1. The third kappa shape index (κ3) is 3.21. The Balaban J connectivity index is 1.61. The summed E-state index contributed by atoms with van der Waals surface area (Å²) in [7, 11) is 1.31. The van der Waals surface area contributed by atoms with Gasteiger partial charge in [-0.25, -0.2) is 4.79 Å². The first-order valence-electron chi connectivity index (χ1n) is 9.84. The molecule has 0 saturated heterocycles. The fourth-order valence-corrected chi connectivity index (χ4v) is 5.45. The fourth-order valence-electron chi connectivity index (χ4n) is 4.05. The van der Waals surface area contributed by atoms with E-state index in [-0.39, 0.29) is 11.1 Å². The molecule has 2 unspecified atom stereocenters. The molecule has 8 heteroatoms. The minimum absolute atomic E-state index is 0.290. The van der Waals surface area contributed by atoms with Crippen molar-refractivity contribution < 1.29 is 23.9 Å². The number of hydrogen-bond acceptors (Lipinski definition) is 6. The number of methoxy groups -OCH3 is 1. The largest absolute Gasteiger partial charge is 0.465 e. The molecule has 0 bridgehead atoms. The van der Waals surface area contributed by atoms with E-state index in [1.165, 1.54) is 25.4 Å². The molecule has 2 atom stereocenters. The Kier molecular flexibility index (Phi) is 5.19. The van der Waals surface area contributed by atoms with Crippen molar-refractivity contribution in [1.29, 1.82) is 0 Å². The third-order valence-electron chi connectivity index (χ3n) is 5.73. The summed E-state index contributed by atoms with van der Waals surface area (Å²) < 4.78 is 4.94. The van der Waals surface area contributed by atoms with Crippen LogP contribution in [0.3, 0.4) is 0 Å². The van der Waals surface area contributed by atoms with Gasteiger partial charge in [0.15, 0.2) is 0 Å². The van der Waals surface area contributed by atoms with E-state index in [0.29, 0.717) is 16.5 Å². The zero-order valence-electron chi connectivity index (χ0n) is 17.0. The second kappa shape index (κ2) is 7.68. The van der Waals surface area contributed by atoms with Crippen molar-refractivity contribution in [3.8, 4) is 0 Å². The molecule has 2 aliphatic rings. The quantitative estimate of drug-likeness (QED) is 0.598. The Morgan fingerprint density at radius 1 is 1.20 bits per heavy atom. The van der Waals surface area contributed by atoms with E-state index in [1.807, 2.05) is 0 Å². The highest BCUT2D eigenvalue weighted by Gasteiger charge is 2.41. The Morgan fingerprint density at radius 3 is 2.43 bits per heavy atom. The Hall–Kier alpha value is -3.00. The molecule has 1 aliphatic carbocycles. The average Bonchev–Trinajstić information content (AvgIpc) is 3.21. The maximum absolute atomic E-state index is 13.0. The van der Waals surface area contributed by atoms with Gasteiger partial charge in [-0.15, -0.1) is 11.3 Å². The fraction of sp³-hybridized carbons (Fsp3) is 0.364. The number of anilines is 1. The molecule has 0 radical (unpaired) electrons. The first-order chi connectivity index (χ1) is 14.3. The molecular weight excluding hydrogens is 404 g/mol. The monoisotopic (exact) mass is 426 g/mol. The van der Waals surface area contributed by atoms with Gasteiger partial charge < -0.3 is 10.1 Å². The van der Waals surface area contributed by atoms with Crippen LogP contribution in [0.4, 0.5) is 5.00 Å². The zero-order chi connectivity index (χ0) is 21.6. The molecule has 1 aromatic carbocycles. The number of carbonyl (C=O) groups is 4. The normalized spacial score (nSPS) is 18.6. The van der Waals surface area contributed by atoms with Gasteiger partial charge in [-0.3, -0.25) is 19.3 Å². The maximum Gasteiger partial charge on any atom is 0.341 e. The molecule has 0 fully saturated rings. The zero-order valence-corrected chi connectivity index (χ0v) is 17.8. The van der Waals surface area contributed by atoms with Gasteiger partial charge in [0.25, 0.3) is 11.8 Å². The van der Waals surface area contributed by atoms with Gasteiger partial charge in [0.1, 0.15) is 11.0 Å². The molecule has 7 nitrogen and oxygen atoms in total. The highest BCUT2D eigenvalue weighted by Crippen LogP contribution is 2.40. The van der Waals surface area contributed by atoms with Crippen molar-refractivity contribution in [2.24, 2.45) is 5.92 Å². The number of rotatable bonds is 4. The van der Waals surface area contributed by atoms with Crippen LogP contribution in [0.25, 0.3) is 0 Å². The minimum atomic E-state index is -1.03. The lowest BCUT2D eigenvalue weighted by Gasteiger charge is -2.21. The van der Waals surface area contributed by atoms with Crippen molar-refractivity contribution in [2.45, 2.75) is 39.2 Å². The highest BCUT2D eigenvalue weighted by molar-refractivity contribution is 7.17. The SMILES string of the molecule is COC(=O)c1c(NC(=O)C(C)N2C(=O)c3ccccc3C2=O)sc2c1CCC(C)C2. The van der Waals surface area contributed by atoms with Crippen LogP contribution in [-0.2, 0) is 22.4 Å². The number of carbonyl (C=O) groups excluding carboxylic acids is 4. The Labute approximate surface area is 178 Å². The van der Waals surface area contributed by atoms with Crippen LogP contribution < -0.4 is 5.32 Å². The van der Waals surface area contributed by atoms with Gasteiger partial charge in [0.2, 0.25) is 5.91 Å². The summed E-state index contributed by atoms with van der Waals surface area (Å²) in [4.78, 5) is 52.8. The molecule has 2 heterocycles. The smallest absolute Gasteiger partial charge is 0.341 e. The van der Waals surface area contributed by atoms with E-state index in [4.69, 9.17) is 4.74 Å². The van der Waals surface area contributed by atoms with E-state index >= 15 is 0 Å². The number of nitrogens with zero attached hydrogens (tertiary/aromatic N) is 1. The number of nitrogens with one attached hydrogen (secondary N) is 1. The van der Waals surface area contributed by atoms with Crippen molar-refractivity contribution in [2.75, 3.05) is 12.4 Å². The maximum atomic E-state index is 13.0. The van der Waals surface area contributed by atoms with Crippen molar-refractivity contribution in [3.05, 3.63) is 51.4 Å². The van der Waals surface area contributed by atoms with E-state index in [9.17, 15) is 19.2 Å². The summed E-state index contributed by atoms with van der Waals surface area (Å²) in [6, 6.07) is 5.48. The van der Waals surface area contributed by atoms with Gasteiger partial charge in [-0.1, -0.05) is 19.1 Å². The van der Waals surface area contributed by atoms with Crippen LogP contribution in [-0.4, -0.2) is 41.7 Å². The van der Waals surface area contributed by atoms with Crippen LogP contribution in [0.2, 0.25) is 0 Å². The van der Waals surface area contributed by atoms with Crippen molar-refractivity contribution in [3.63, 3.8) is 0 Å². The summed E-state index contributed by atoms with van der Waals surface area (Å²) in [5.74, 6) is -1.51. The third-order valence-corrected chi connectivity index (χ3v) is 6.90. The topological polar surface area (TPSA) is 92.8 Å². The van der Waals surface area contributed by atoms with E-state index in [0.717, 1.165) is 34.6 Å². The van der Waals surface area contributed by atoms with Gasteiger partial charge in [0, 0.05) is 4.88 Å². The summed E-state index contributed by atoms with van der Waals surface area (Å²) in [6.45, 7) is 3.66. The predicted octanol–water partition coefficient (Wildman–Crippen LogP) is 3.28. The van der Waals surface area contributed by atoms with Crippen LogP contribution in [0.15, 0.2) is 24.3 Å². The van der Waals surface area contributed by atoms with E-state index < -0.39 is 29.7 Å². The molecule has 1 aromatic heterocycles. The molecule has 3 amide bonds. The van der Waals surface area contributed by atoms with E-state index in [2.05, 4.69) is 12.2 Å². The number of imide groups is 1. The molecule has 30 heavy (non-hydrogen) atoms. The number of esters is 1. The molecule has 0 spiro atoms. The lowest BCUT2D eigenvalue weighted by molar-refractivity contribution is -0.119. The van der Waals surface area contributed by atoms with Gasteiger partial charge in [0.05, 0.1) is 23.8 Å². The molecule has 1 N–H and O–H groups in total. The summed E-state index contributed by atoms with van der Waals surface area (Å²) >= 11 is 1.37. The lowest BCUT2D eigenvalue weighted by Crippen LogP contribution is -2.45. The summed E-state index contributed by atoms with van der Waals surface area (Å²) in [5, 5.41) is 3.19. The van der Waals surface area contributed by atoms with Crippen LogP contribution in [0.1, 0.15) is 61.8 Å². The molecule has 4 rings (SSSR count). The predicted molar refractivity (Wildman–Crippen MR) is 112 cm³/mol. The number of hydrogen-bond donors (Lipinski definition) is 1. The Morgan fingerprint density at radius 2 is 1.83 bits per heavy atom. The van der Waals surface area contributed by atoms with Crippen molar-refractivity contribution in [1.82, 2.24) is 4.90 Å². The van der Waals surface area contributed by atoms with Gasteiger partial charge in [-0.2, -0.15) is 0 Å². The number of ether oxygens (including phenoxy) is 1. The van der Waals surface area contributed by atoms with E-state index in [1.54, 1.807) is 24.3 Å². The van der Waals surface area contributed by atoms with Crippen molar-refractivity contribution >= 4 is 40.0 Å². The number of fused-ring (bicyclic) bond motifs is 2. The van der Waals surface area contributed by atoms with Gasteiger partial charge >= 0.3 is 5.97 Å². The number of amides is 3. The molecular formula is C22H22N2O5S. The molecule has 1 aliphatic heterocycles. The number of thiophene rings is 1. The second-order valence-electron chi connectivity index (χ2n) is 7.74. The minimum Gasteiger partial charge on any atom is -0.465 e.